The summed E-state index contributed by atoms with van der Waals surface area (Å²) >= 11 is 0. The van der Waals surface area contributed by atoms with Gasteiger partial charge in [-0.15, -0.1) is 0 Å². The first-order valence-corrected chi connectivity index (χ1v) is 6.25. The predicted octanol–water partition coefficient (Wildman–Crippen LogP) is 2.42. The number of hydrogen-bond donors (Lipinski definition) is 2. The third kappa shape index (κ3) is 1.73. The first-order valence-electron chi connectivity index (χ1n) is 6.25. The molecule has 17 heavy (non-hydrogen) atoms. The van der Waals surface area contributed by atoms with Gasteiger partial charge in [-0.3, -0.25) is 4.57 Å². The van der Waals surface area contributed by atoms with E-state index < -0.39 is 0 Å². The van der Waals surface area contributed by atoms with E-state index in [4.69, 9.17) is 5.73 Å². The van der Waals surface area contributed by atoms with Crippen LogP contribution in [0.1, 0.15) is 38.1 Å². The van der Waals surface area contributed by atoms with Crippen LogP contribution in [0.3, 0.4) is 0 Å². The van der Waals surface area contributed by atoms with Gasteiger partial charge in [0.15, 0.2) is 0 Å². The van der Waals surface area contributed by atoms with Crippen molar-refractivity contribution in [3.05, 3.63) is 28.7 Å². The third-order valence-corrected chi connectivity index (χ3v) is 3.68. The standard InChI is InChI=1S/C13H17N3O/c14-9-6-7-12-11(8-9)15-13(17)16(12)10-4-2-1-3-5-10/h6-8,10H,1-5,14H2,(H,15,17). The topological polar surface area (TPSA) is 63.8 Å². The molecule has 0 radical (unpaired) electrons. The SMILES string of the molecule is Nc1ccc2c(c1)[nH]c(=O)n2C1CCCCC1. The normalized spacial score (nSPS) is 17.6. The Balaban J connectivity index is 2.14. The van der Waals surface area contributed by atoms with Gasteiger partial charge in [0.05, 0.1) is 11.0 Å². The first kappa shape index (κ1) is 10.4. The molecule has 4 nitrogen and oxygen atoms in total. The van der Waals surface area contributed by atoms with Crippen LogP contribution in [0.5, 0.6) is 0 Å². The fourth-order valence-electron chi connectivity index (χ4n) is 2.85. The van der Waals surface area contributed by atoms with E-state index in [-0.39, 0.29) is 5.69 Å². The summed E-state index contributed by atoms with van der Waals surface area (Å²) in [4.78, 5) is 14.9. The van der Waals surface area contributed by atoms with Crippen molar-refractivity contribution in [2.24, 2.45) is 0 Å². The minimum absolute atomic E-state index is 0.00231. The molecular formula is C13H17N3O. The van der Waals surface area contributed by atoms with Crippen LogP contribution in [0.4, 0.5) is 5.69 Å². The van der Waals surface area contributed by atoms with Crippen LogP contribution in [0.15, 0.2) is 23.0 Å². The van der Waals surface area contributed by atoms with Crippen molar-refractivity contribution in [1.82, 2.24) is 9.55 Å². The van der Waals surface area contributed by atoms with Crippen molar-refractivity contribution < 1.29 is 0 Å². The molecule has 0 amide bonds. The highest BCUT2D eigenvalue weighted by Crippen LogP contribution is 2.29. The van der Waals surface area contributed by atoms with Gasteiger partial charge in [-0.25, -0.2) is 4.79 Å². The number of nitrogens with zero attached hydrogens (tertiary/aromatic N) is 1. The number of imidazole rings is 1. The molecule has 1 aliphatic rings. The van der Waals surface area contributed by atoms with Crippen LogP contribution >= 0.6 is 0 Å². The minimum Gasteiger partial charge on any atom is -0.399 e. The summed E-state index contributed by atoms with van der Waals surface area (Å²) in [6.45, 7) is 0. The zero-order valence-corrected chi connectivity index (χ0v) is 9.78. The molecule has 1 heterocycles. The highest BCUT2D eigenvalue weighted by molar-refractivity contribution is 5.79. The van der Waals surface area contributed by atoms with Gasteiger partial charge in [0.1, 0.15) is 0 Å². The van der Waals surface area contributed by atoms with Crippen LogP contribution in [0.2, 0.25) is 0 Å². The quantitative estimate of drug-likeness (QED) is 0.740. The number of hydrogen-bond acceptors (Lipinski definition) is 2. The average molecular weight is 231 g/mol. The fraction of sp³-hybridized carbons (Fsp3) is 0.462. The molecule has 1 saturated carbocycles. The maximum atomic E-state index is 12.0. The molecule has 0 saturated heterocycles. The summed E-state index contributed by atoms with van der Waals surface area (Å²) in [5.74, 6) is 0. The van der Waals surface area contributed by atoms with E-state index in [9.17, 15) is 4.79 Å². The number of benzene rings is 1. The Morgan fingerprint density at radius 2 is 2.00 bits per heavy atom. The molecule has 1 fully saturated rings. The van der Waals surface area contributed by atoms with Crippen LogP contribution in [-0.4, -0.2) is 9.55 Å². The lowest BCUT2D eigenvalue weighted by Gasteiger charge is -2.22. The number of aromatic nitrogens is 2. The molecule has 1 aromatic heterocycles. The second-order valence-corrected chi connectivity index (χ2v) is 4.87. The number of nitrogens with two attached hydrogens (primary N) is 1. The molecule has 90 valence electrons. The van der Waals surface area contributed by atoms with E-state index in [1.807, 2.05) is 22.8 Å². The van der Waals surface area contributed by atoms with E-state index in [0.717, 1.165) is 23.9 Å². The molecule has 0 bridgehead atoms. The largest absolute Gasteiger partial charge is 0.399 e. The zero-order chi connectivity index (χ0) is 11.8. The summed E-state index contributed by atoms with van der Waals surface area (Å²) in [5.41, 5.74) is 8.25. The van der Waals surface area contributed by atoms with E-state index >= 15 is 0 Å². The molecule has 0 aliphatic heterocycles. The Hall–Kier alpha value is -1.71. The minimum atomic E-state index is -0.00231. The molecule has 0 atom stereocenters. The summed E-state index contributed by atoms with van der Waals surface area (Å²) < 4.78 is 1.91. The van der Waals surface area contributed by atoms with Crippen LogP contribution in [0.25, 0.3) is 11.0 Å². The molecule has 4 heteroatoms. The van der Waals surface area contributed by atoms with Crippen molar-refractivity contribution in [2.75, 3.05) is 5.73 Å². The number of fused-ring (bicyclic) bond motifs is 1. The Labute approximate surface area is 99.4 Å². The monoisotopic (exact) mass is 231 g/mol. The Bertz CT molecular complexity index is 590. The van der Waals surface area contributed by atoms with E-state index in [0.29, 0.717) is 11.7 Å². The van der Waals surface area contributed by atoms with Gasteiger partial charge in [0.25, 0.3) is 0 Å². The Morgan fingerprint density at radius 1 is 1.24 bits per heavy atom. The molecule has 1 aromatic carbocycles. The van der Waals surface area contributed by atoms with Crippen molar-refractivity contribution in [2.45, 2.75) is 38.1 Å². The summed E-state index contributed by atoms with van der Waals surface area (Å²) in [6, 6.07) is 5.98. The number of H-pyrrole nitrogens is 1. The second-order valence-electron chi connectivity index (χ2n) is 4.87. The number of nitrogen functional groups attached to an aromatic ring is 1. The van der Waals surface area contributed by atoms with Crippen LogP contribution in [-0.2, 0) is 0 Å². The highest BCUT2D eigenvalue weighted by Gasteiger charge is 2.19. The molecule has 1 aliphatic carbocycles. The van der Waals surface area contributed by atoms with Crippen molar-refractivity contribution >= 4 is 16.7 Å². The molecular weight excluding hydrogens is 214 g/mol. The number of aromatic amines is 1. The smallest absolute Gasteiger partial charge is 0.326 e. The Morgan fingerprint density at radius 3 is 2.76 bits per heavy atom. The van der Waals surface area contributed by atoms with Gasteiger partial charge >= 0.3 is 5.69 Å². The zero-order valence-electron chi connectivity index (χ0n) is 9.78. The maximum absolute atomic E-state index is 12.0. The van der Waals surface area contributed by atoms with Crippen molar-refractivity contribution in [1.29, 1.82) is 0 Å². The third-order valence-electron chi connectivity index (χ3n) is 3.68. The van der Waals surface area contributed by atoms with E-state index in [1.165, 1.54) is 19.3 Å². The molecule has 3 rings (SSSR count). The van der Waals surface area contributed by atoms with E-state index in [2.05, 4.69) is 4.98 Å². The Kier molecular flexibility index (Phi) is 2.42. The fourth-order valence-corrected chi connectivity index (χ4v) is 2.85. The van der Waals surface area contributed by atoms with E-state index in [1.54, 1.807) is 0 Å². The van der Waals surface area contributed by atoms with Crippen LogP contribution < -0.4 is 11.4 Å². The van der Waals surface area contributed by atoms with Crippen molar-refractivity contribution in [3.63, 3.8) is 0 Å². The molecule has 3 N–H and O–H groups in total. The number of nitrogens with one attached hydrogen (secondary N) is 1. The number of rotatable bonds is 1. The highest BCUT2D eigenvalue weighted by atomic mass is 16.1. The lowest BCUT2D eigenvalue weighted by molar-refractivity contribution is 0.353. The van der Waals surface area contributed by atoms with Gasteiger partial charge in [0, 0.05) is 11.7 Å². The lowest BCUT2D eigenvalue weighted by atomic mass is 9.95. The number of anilines is 1. The van der Waals surface area contributed by atoms with Gasteiger partial charge < -0.3 is 10.7 Å². The predicted molar refractivity (Wildman–Crippen MR) is 69.1 cm³/mol. The molecule has 0 unspecified atom stereocenters. The summed E-state index contributed by atoms with van der Waals surface area (Å²) in [5, 5.41) is 0. The van der Waals surface area contributed by atoms with Gasteiger partial charge in [0.2, 0.25) is 0 Å². The van der Waals surface area contributed by atoms with Gasteiger partial charge in [-0.2, -0.15) is 0 Å². The van der Waals surface area contributed by atoms with Crippen molar-refractivity contribution in [3.8, 4) is 0 Å². The lowest BCUT2D eigenvalue weighted by Crippen LogP contribution is -2.23. The van der Waals surface area contributed by atoms with Gasteiger partial charge in [-0.1, -0.05) is 19.3 Å². The molecule has 0 spiro atoms. The molecule has 2 aromatic rings. The maximum Gasteiger partial charge on any atom is 0.326 e. The van der Waals surface area contributed by atoms with Crippen LogP contribution in [0, 0.1) is 0 Å². The average Bonchev–Trinajstić information content (AvgIpc) is 2.65. The summed E-state index contributed by atoms with van der Waals surface area (Å²) in [7, 11) is 0. The van der Waals surface area contributed by atoms with Gasteiger partial charge in [-0.05, 0) is 31.0 Å². The summed E-state index contributed by atoms with van der Waals surface area (Å²) in [6.07, 6.45) is 5.95. The first-order chi connectivity index (χ1) is 8.25. The second kappa shape index (κ2) is 3.95.